The number of piperidine rings is 1. The van der Waals surface area contributed by atoms with Crippen molar-refractivity contribution >= 4 is 40.2 Å². The number of hydrogen-bond donors (Lipinski definition) is 3. The van der Waals surface area contributed by atoms with Crippen molar-refractivity contribution in [3.63, 3.8) is 0 Å². The van der Waals surface area contributed by atoms with Gasteiger partial charge in [-0.3, -0.25) is 14.4 Å². The number of carbonyl (C=O) groups excluding carboxylic acids is 3. The minimum absolute atomic E-state index is 0.203. The summed E-state index contributed by atoms with van der Waals surface area (Å²) in [6.45, 7) is -0.216. The summed E-state index contributed by atoms with van der Waals surface area (Å²) >= 11 is 1.01. The Hall–Kier alpha value is -2.81. The van der Waals surface area contributed by atoms with E-state index in [0.29, 0.717) is 47.7 Å². The number of nitrogens with one attached hydrogen (secondary N) is 2. The van der Waals surface area contributed by atoms with E-state index in [0.717, 1.165) is 22.6 Å². The van der Waals surface area contributed by atoms with Gasteiger partial charge < -0.3 is 20.5 Å². The summed E-state index contributed by atoms with van der Waals surface area (Å²) in [5.41, 5.74) is 0.735. The number of Topliss-reactive ketones (excluding diaryl/α,β-unsaturated/α-hetero) is 1. The number of ether oxygens (including phenoxy) is 1. The highest BCUT2D eigenvalue weighted by molar-refractivity contribution is 14.1. The average molecular weight is 638 g/mol. The molecule has 4 rings (SSSR count). The fraction of sp³-hybridized carbons (Fsp3) is 0.375. The quantitative estimate of drug-likeness (QED) is 0.254. The number of alkyl halides is 5. The van der Waals surface area contributed by atoms with E-state index in [1.54, 1.807) is 6.07 Å². The van der Waals surface area contributed by atoms with Crippen LogP contribution in [0.3, 0.4) is 0 Å². The van der Waals surface area contributed by atoms with Crippen molar-refractivity contribution in [1.82, 2.24) is 10.6 Å². The van der Waals surface area contributed by atoms with Crippen molar-refractivity contribution in [2.24, 2.45) is 11.8 Å². The predicted molar refractivity (Wildman–Crippen MR) is 127 cm³/mol. The summed E-state index contributed by atoms with van der Waals surface area (Å²) < 4.78 is 67.7. The molecule has 37 heavy (non-hydrogen) atoms. The first-order chi connectivity index (χ1) is 17.3. The van der Waals surface area contributed by atoms with Crippen molar-refractivity contribution in [1.29, 1.82) is 0 Å². The smallest absolute Gasteiger partial charge is 0.405 e. The van der Waals surface area contributed by atoms with E-state index < -0.39 is 57.0 Å². The van der Waals surface area contributed by atoms with Gasteiger partial charge in [0.2, 0.25) is 5.91 Å². The molecule has 2 amide bonds. The van der Waals surface area contributed by atoms with Gasteiger partial charge in [-0.2, -0.15) is 0 Å². The van der Waals surface area contributed by atoms with Crippen molar-refractivity contribution in [2.75, 3.05) is 0 Å². The second kappa shape index (κ2) is 10.2. The number of ketones is 1. The van der Waals surface area contributed by atoms with Crippen molar-refractivity contribution < 1.29 is 46.2 Å². The summed E-state index contributed by atoms with van der Waals surface area (Å²) in [5.74, 6) is -5.35. The van der Waals surface area contributed by atoms with Crippen LogP contribution in [0.1, 0.15) is 39.9 Å². The molecule has 13 heteroatoms. The maximum Gasteiger partial charge on any atom is 0.573 e. The van der Waals surface area contributed by atoms with Gasteiger partial charge in [0.15, 0.2) is 5.78 Å². The summed E-state index contributed by atoms with van der Waals surface area (Å²) in [6.07, 6.45) is -5.21. The van der Waals surface area contributed by atoms with Crippen LogP contribution in [-0.2, 0) is 26.2 Å². The molecule has 4 unspecified atom stereocenters. The van der Waals surface area contributed by atoms with Crippen LogP contribution in [0, 0.1) is 17.7 Å². The number of rotatable bonds is 6. The van der Waals surface area contributed by atoms with Crippen LogP contribution in [-0.4, -0.2) is 35.3 Å². The summed E-state index contributed by atoms with van der Waals surface area (Å²) in [4.78, 5) is 37.7. The lowest BCUT2D eigenvalue weighted by Gasteiger charge is -2.29. The van der Waals surface area contributed by atoms with Crippen LogP contribution in [0.5, 0.6) is 5.75 Å². The molecule has 2 aromatic rings. The summed E-state index contributed by atoms with van der Waals surface area (Å²) in [7, 11) is 0. The van der Waals surface area contributed by atoms with Gasteiger partial charge in [-0.15, -0.1) is 13.2 Å². The molecule has 1 aliphatic heterocycles. The first-order valence-corrected chi connectivity index (χ1v) is 12.2. The zero-order valence-corrected chi connectivity index (χ0v) is 21.0. The number of carbonyl (C=O) groups is 3. The zero-order chi connectivity index (χ0) is 27.1. The van der Waals surface area contributed by atoms with Crippen LogP contribution in [0.15, 0.2) is 36.4 Å². The number of halogens is 6. The van der Waals surface area contributed by atoms with Gasteiger partial charge in [-0.1, -0.05) is 18.2 Å². The molecule has 2 aliphatic rings. The second-order valence-corrected chi connectivity index (χ2v) is 10.3. The molecule has 1 aliphatic carbocycles. The Balaban J connectivity index is 1.46. The topological polar surface area (TPSA) is 105 Å². The van der Waals surface area contributed by atoms with Gasteiger partial charge in [0, 0.05) is 30.0 Å². The predicted octanol–water partition coefficient (Wildman–Crippen LogP) is 3.80. The van der Waals surface area contributed by atoms with Gasteiger partial charge in [-0.25, -0.2) is 8.78 Å². The zero-order valence-electron chi connectivity index (χ0n) is 18.9. The molecule has 0 spiro atoms. The lowest BCUT2D eigenvalue weighted by Crippen LogP contribution is -2.47. The average Bonchev–Trinajstić information content (AvgIpc) is 3.11. The second-order valence-electron chi connectivity index (χ2n) is 8.82. The number of benzene rings is 2. The third-order valence-electron chi connectivity index (χ3n) is 6.34. The molecule has 0 saturated carbocycles. The Morgan fingerprint density at radius 1 is 1.11 bits per heavy atom. The first kappa shape index (κ1) is 27.2. The molecule has 198 valence electrons. The summed E-state index contributed by atoms with van der Waals surface area (Å²) in [5, 5.41) is 14.3. The Bertz CT molecular complexity index is 1250. The molecule has 0 radical (unpaired) electrons. The summed E-state index contributed by atoms with van der Waals surface area (Å²) in [6, 6.07) is 6.45. The van der Waals surface area contributed by atoms with Gasteiger partial charge >= 0.3 is 6.36 Å². The first-order valence-electron chi connectivity index (χ1n) is 11.1. The Labute approximate surface area is 220 Å². The van der Waals surface area contributed by atoms with Gasteiger partial charge in [0.25, 0.3) is 9.58 Å². The van der Waals surface area contributed by atoms with Gasteiger partial charge in [-0.05, 0) is 65.1 Å². The number of hydrogen-bond acceptors (Lipinski definition) is 5. The third kappa shape index (κ3) is 5.87. The maximum atomic E-state index is 15.4. The standard InChI is InChI=1S/C24H20F5IN2O5/c25-13-2-5-17(18(9-13)37-24(27,28)29)23(26,30)22(36)31-10-11-1-3-14-12(7-11)8-16(20(14)34)15-4-6-19(33)32-21(15)35/h1-3,5,7,9,15-16,19,33H,4,6,8,10H2,(H,31,36)(H,32,35). The Morgan fingerprint density at radius 3 is 2.51 bits per heavy atom. The fourth-order valence-electron chi connectivity index (χ4n) is 4.60. The van der Waals surface area contributed by atoms with Crippen LogP contribution >= 0.6 is 22.6 Å². The lowest BCUT2D eigenvalue weighted by molar-refractivity contribution is -0.275. The highest BCUT2D eigenvalue weighted by atomic mass is 127. The maximum absolute atomic E-state index is 15.4. The van der Waals surface area contributed by atoms with Crippen molar-refractivity contribution in [3.05, 3.63) is 64.5 Å². The van der Waals surface area contributed by atoms with E-state index in [1.807, 2.05) is 0 Å². The Morgan fingerprint density at radius 2 is 1.84 bits per heavy atom. The lowest BCUT2D eigenvalue weighted by atomic mass is 9.82. The molecular formula is C24H20F5IN2O5. The minimum atomic E-state index is -5.23. The monoisotopic (exact) mass is 638 g/mol. The number of fused-ring (bicyclic) bond motifs is 1. The van der Waals surface area contributed by atoms with E-state index >= 15 is 4.39 Å². The highest BCUT2D eigenvalue weighted by Gasteiger charge is 2.44. The Kier molecular flexibility index (Phi) is 7.48. The number of aliphatic hydroxyl groups is 1. The van der Waals surface area contributed by atoms with E-state index in [2.05, 4.69) is 15.4 Å². The minimum Gasteiger partial charge on any atom is -0.405 e. The molecule has 0 bridgehead atoms. The van der Waals surface area contributed by atoms with Crippen LogP contribution in [0.4, 0.5) is 22.0 Å². The van der Waals surface area contributed by atoms with E-state index in [-0.39, 0.29) is 18.7 Å². The molecule has 3 N–H and O–H groups in total. The van der Waals surface area contributed by atoms with Crippen LogP contribution < -0.4 is 15.4 Å². The SMILES string of the molecule is O=C1NC(O)CCC1C1Cc2cc(CNC(=O)C(F)(I)c3ccc(F)cc3OC(F)(F)F)ccc2C1=O. The molecule has 1 saturated heterocycles. The van der Waals surface area contributed by atoms with E-state index in [9.17, 15) is 37.1 Å². The third-order valence-corrected chi connectivity index (χ3v) is 7.41. The fourth-order valence-corrected chi connectivity index (χ4v) is 5.23. The normalized spacial score (nSPS) is 23.2. The van der Waals surface area contributed by atoms with E-state index in [4.69, 9.17) is 0 Å². The molecule has 1 fully saturated rings. The van der Waals surface area contributed by atoms with Crippen molar-refractivity contribution in [3.8, 4) is 5.75 Å². The molecule has 4 atom stereocenters. The van der Waals surface area contributed by atoms with Gasteiger partial charge in [0.05, 0.1) is 5.56 Å². The van der Waals surface area contributed by atoms with Crippen LogP contribution in [0.2, 0.25) is 0 Å². The highest BCUT2D eigenvalue weighted by Crippen LogP contribution is 2.42. The number of amides is 2. The molecule has 2 aromatic carbocycles. The van der Waals surface area contributed by atoms with Crippen molar-refractivity contribution in [2.45, 2.75) is 42.1 Å². The molecule has 0 aromatic heterocycles. The molecule has 1 heterocycles. The number of aliphatic hydroxyl groups excluding tert-OH is 1. The largest absolute Gasteiger partial charge is 0.573 e. The van der Waals surface area contributed by atoms with E-state index in [1.165, 1.54) is 12.1 Å². The molecule has 7 nitrogen and oxygen atoms in total. The van der Waals surface area contributed by atoms with Crippen LogP contribution in [0.25, 0.3) is 0 Å². The van der Waals surface area contributed by atoms with Gasteiger partial charge in [0.1, 0.15) is 17.8 Å². The molecular weight excluding hydrogens is 618 g/mol.